The number of carbonyl (C=O) groups is 1. The molecule has 3 heterocycles. The predicted molar refractivity (Wildman–Crippen MR) is 68.9 cm³/mol. The minimum atomic E-state index is 0.0607. The lowest BCUT2D eigenvalue weighted by Gasteiger charge is -2.43. The summed E-state index contributed by atoms with van der Waals surface area (Å²) < 4.78 is 0. The van der Waals surface area contributed by atoms with Gasteiger partial charge in [0.05, 0.1) is 0 Å². The molecule has 1 spiro atoms. The van der Waals surface area contributed by atoms with E-state index in [0.717, 1.165) is 26.1 Å². The molecular weight excluding hydrogens is 226 g/mol. The van der Waals surface area contributed by atoms with Gasteiger partial charge in [-0.1, -0.05) is 12.5 Å². The third kappa shape index (κ3) is 2.12. The van der Waals surface area contributed by atoms with Crippen molar-refractivity contribution < 1.29 is 4.79 Å². The summed E-state index contributed by atoms with van der Waals surface area (Å²) in [7, 11) is 0. The molecule has 0 radical (unpaired) electrons. The van der Waals surface area contributed by atoms with E-state index < -0.39 is 0 Å². The summed E-state index contributed by atoms with van der Waals surface area (Å²) in [6.07, 6.45) is 7.98. The van der Waals surface area contributed by atoms with E-state index in [9.17, 15) is 4.79 Å². The van der Waals surface area contributed by atoms with Crippen molar-refractivity contribution in [3.05, 3.63) is 30.1 Å². The molecule has 2 aliphatic heterocycles. The summed E-state index contributed by atoms with van der Waals surface area (Å²) in [5.41, 5.74) is 1.30. The van der Waals surface area contributed by atoms with E-state index >= 15 is 0 Å². The zero-order valence-corrected chi connectivity index (χ0v) is 10.6. The van der Waals surface area contributed by atoms with Gasteiger partial charge in [-0.05, 0) is 31.0 Å². The Kier molecular flexibility index (Phi) is 3.04. The molecule has 0 bridgehead atoms. The van der Waals surface area contributed by atoms with Crippen molar-refractivity contribution in [2.24, 2.45) is 0 Å². The van der Waals surface area contributed by atoms with Crippen LogP contribution in [0.2, 0.25) is 0 Å². The molecule has 1 N–H and O–H groups in total. The maximum atomic E-state index is 11.6. The summed E-state index contributed by atoms with van der Waals surface area (Å²) in [5.74, 6) is 0.202. The lowest BCUT2D eigenvalue weighted by Crippen LogP contribution is -2.52. The fraction of sp³-hybridized carbons (Fsp3) is 0.571. The Bertz CT molecular complexity index is 434. The molecule has 4 nitrogen and oxygen atoms in total. The smallest absolute Gasteiger partial charge is 0.221 e. The molecule has 0 aliphatic carbocycles. The highest BCUT2D eigenvalue weighted by Crippen LogP contribution is 2.34. The average Bonchev–Trinajstić information content (AvgIpc) is 2.76. The average molecular weight is 245 g/mol. The SMILES string of the molecule is O=C1CC2(CCCCN2Cc2cccnc2)CN1. The van der Waals surface area contributed by atoms with Crippen molar-refractivity contribution in [2.45, 2.75) is 37.8 Å². The zero-order chi connectivity index (χ0) is 12.4. The van der Waals surface area contributed by atoms with E-state index in [-0.39, 0.29) is 11.4 Å². The molecule has 2 fully saturated rings. The fourth-order valence-electron chi connectivity index (χ4n) is 3.20. The normalized spacial score (nSPS) is 28.6. The van der Waals surface area contributed by atoms with Crippen LogP contribution in [0.3, 0.4) is 0 Å². The number of nitrogens with zero attached hydrogens (tertiary/aromatic N) is 2. The predicted octanol–water partition coefficient (Wildman–Crippen LogP) is 1.33. The monoisotopic (exact) mass is 245 g/mol. The minimum Gasteiger partial charge on any atom is -0.354 e. The number of amides is 1. The Morgan fingerprint density at radius 3 is 3.11 bits per heavy atom. The number of nitrogens with one attached hydrogen (secondary N) is 1. The van der Waals surface area contributed by atoms with Gasteiger partial charge < -0.3 is 5.32 Å². The molecule has 18 heavy (non-hydrogen) atoms. The van der Waals surface area contributed by atoms with E-state index in [1.54, 1.807) is 6.20 Å². The quantitative estimate of drug-likeness (QED) is 0.855. The van der Waals surface area contributed by atoms with Gasteiger partial charge in [-0.2, -0.15) is 0 Å². The highest BCUT2D eigenvalue weighted by atomic mass is 16.2. The van der Waals surface area contributed by atoms with Crippen molar-refractivity contribution in [2.75, 3.05) is 13.1 Å². The van der Waals surface area contributed by atoms with Gasteiger partial charge in [0.15, 0.2) is 0 Å². The first-order valence-electron chi connectivity index (χ1n) is 6.69. The topological polar surface area (TPSA) is 45.2 Å². The molecule has 1 aromatic rings. The van der Waals surface area contributed by atoms with Crippen molar-refractivity contribution in [1.29, 1.82) is 0 Å². The Morgan fingerprint density at radius 1 is 1.44 bits per heavy atom. The first-order chi connectivity index (χ1) is 8.78. The van der Waals surface area contributed by atoms with Crippen LogP contribution in [-0.2, 0) is 11.3 Å². The number of rotatable bonds is 2. The summed E-state index contributed by atoms with van der Waals surface area (Å²) in [5, 5.41) is 3.00. The Hall–Kier alpha value is -1.42. The van der Waals surface area contributed by atoms with Crippen molar-refractivity contribution in [3.63, 3.8) is 0 Å². The van der Waals surface area contributed by atoms with Crippen LogP contribution < -0.4 is 5.32 Å². The molecule has 2 aliphatic rings. The summed E-state index contributed by atoms with van der Waals surface area (Å²) >= 11 is 0. The van der Waals surface area contributed by atoms with Crippen molar-refractivity contribution in [1.82, 2.24) is 15.2 Å². The van der Waals surface area contributed by atoms with Crippen LogP contribution in [0.15, 0.2) is 24.5 Å². The first kappa shape index (κ1) is 11.7. The number of aromatic nitrogens is 1. The number of hydrogen-bond donors (Lipinski definition) is 1. The molecule has 0 saturated carbocycles. The van der Waals surface area contributed by atoms with Crippen LogP contribution in [0.25, 0.3) is 0 Å². The van der Waals surface area contributed by atoms with E-state index in [0.29, 0.717) is 6.42 Å². The maximum absolute atomic E-state index is 11.6. The fourth-order valence-corrected chi connectivity index (χ4v) is 3.20. The third-order valence-electron chi connectivity index (χ3n) is 4.19. The van der Waals surface area contributed by atoms with Crippen LogP contribution in [0, 0.1) is 0 Å². The van der Waals surface area contributed by atoms with E-state index in [2.05, 4.69) is 21.3 Å². The van der Waals surface area contributed by atoms with Crippen molar-refractivity contribution >= 4 is 5.91 Å². The standard InChI is InChI=1S/C14H19N3O/c18-13-8-14(11-16-13)5-1-2-7-17(14)10-12-4-3-6-15-9-12/h3-4,6,9H,1-2,5,7-8,10-11H2,(H,16,18). The Morgan fingerprint density at radius 2 is 2.39 bits per heavy atom. The molecule has 3 rings (SSSR count). The minimum absolute atomic E-state index is 0.0607. The highest BCUT2D eigenvalue weighted by molar-refractivity contribution is 5.80. The second-order valence-electron chi connectivity index (χ2n) is 5.42. The number of likely N-dealkylation sites (tertiary alicyclic amines) is 1. The molecule has 1 unspecified atom stereocenters. The van der Waals surface area contributed by atoms with Gasteiger partial charge >= 0.3 is 0 Å². The number of piperidine rings is 1. The van der Waals surface area contributed by atoms with Gasteiger partial charge in [0.25, 0.3) is 0 Å². The molecule has 0 aromatic carbocycles. The molecule has 1 amide bonds. The highest BCUT2D eigenvalue weighted by Gasteiger charge is 2.44. The van der Waals surface area contributed by atoms with E-state index in [1.807, 2.05) is 12.3 Å². The molecular formula is C14H19N3O. The second-order valence-corrected chi connectivity index (χ2v) is 5.42. The second kappa shape index (κ2) is 4.69. The molecule has 96 valence electrons. The Labute approximate surface area is 107 Å². The van der Waals surface area contributed by atoms with Crippen LogP contribution in [0.4, 0.5) is 0 Å². The van der Waals surface area contributed by atoms with Crippen LogP contribution in [0.1, 0.15) is 31.2 Å². The van der Waals surface area contributed by atoms with Gasteiger partial charge in [-0.3, -0.25) is 14.7 Å². The van der Waals surface area contributed by atoms with Crippen LogP contribution in [-0.4, -0.2) is 34.4 Å². The van der Waals surface area contributed by atoms with Gasteiger partial charge in [0.2, 0.25) is 5.91 Å². The van der Waals surface area contributed by atoms with Gasteiger partial charge in [0, 0.05) is 37.4 Å². The molecule has 1 atom stereocenters. The summed E-state index contributed by atoms with van der Waals surface area (Å²) in [6, 6.07) is 4.09. The molecule has 1 aromatic heterocycles. The van der Waals surface area contributed by atoms with Crippen LogP contribution in [0.5, 0.6) is 0 Å². The third-order valence-corrected chi connectivity index (χ3v) is 4.19. The van der Waals surface area contributed by atoms with E-state index in [4.69, 9.17) is 0 Å². The van der Waals surface area contributed by atoms with E-state index in [1.165, 1.54) is 18.4 Å². The lowest BCUT2D eigenvalue weighted by molar-refractivity contribution is -0.120. The number of pyridine rings is 1. The van der Waals surface area contributed by atoms with Crippen LogP contribution >= 0.6 is 0 Å². The summed E-state index contributed by atoms with van der Waals surface area (Å²) in [6.45, 7) is 2.80. The Balaban J connectivity index is 1.78. The molecule has 2 saturated heterocycles. The zero-order valence-electron chi connectivity index (χ0n) is 10.6. The largest absolute Gasteiger partial charge is 0.354 e. The van der Waals surface area contributed by atoms with Gasteiger partial charge in [-0.25, -0.2) is 0 Å². The number of hydrogen-bond acceptors (Lipinski definition) is 3. The first-order valence-corrected chi connectivity index (χ1v) is 6.69. The lowest BCUT2D eigenvalue weighted by atomic mass is 9.85. The van der Waals surface area contributed by atoms with Crippen molar-refractivity contribution in [3.8, 4) is 0 Å². The number of carbonyl (C=O) groups excluding carboxylic acids is 1. The van der Waals surface area contributed by atoms with Gasteiger partial charge in [0.1, 0.15) is 0 Å². The summed E-state index contributed by atoms with van der Waals surface area (Å²) in [4.78, 5) is 18.2. The molecule has 4 heteroatoms. The van der Waals surface area contributed by atoms with Gasteiger partial charge in [-0.15, -0.1) is 0 Å². The maximum Gasteiger partial charge on any atom is 0.221 e.